The van der Waals surface area contributed by atoms with Gasteiger partial charge in [-0.15, -0.1) is 0 Å². The molecule has 1 atom stereocenters. The number of halogens is 2. The molecule has 0 aromatic heterocycles. The van der Waals surface area contributed by atoms with E-state index in [0.29, 0.717) is 22.0 Å². The fourth-order valence-electron chi connectivity index (χ4n) is 5.64. The molecule has 9 heteroatoms. The molecular weight excluding hydrogens is 623 g/mol. The van der Waals surface area contributed by atoms with Gasteiger partial charge in [0.2, 0.25) is 0 Å². The molecule has 0 radical (unpaired) electrons. The normalized spacial score (nSPS) is 17.4. The first kappa shape index (κ1) is 33.3. The second kappa shape index (κ2) is 13.3. The van der Waals surface area contributed by atoms with Gasteiger partial charge < -0.3 is 14.4 Å². The second-order valence-electron chi connectivity index (χ2n) is 13.5. The van der Waals surface area contributed by atoms with Gasteiger partial charge in [0.15, 0.2) is 8.32 Å². The van der Waals surface area contributed by atoms with Crippen LogP contribution in [0.3, 0.4) is 0 Å². The first-order valence-electron chi connectivity index (χ1n) is 15.5. The van der Waals surface area contributed by atoms with Crippen LogP contribution in [0.15, 0.2) is 78.4 Å². The SMILES string of the molecule is CC(C)(C)[Si](C)(C)OCC1C(C(=O)N(Cc2cccc(Cl)c2Cl)C2CC2)=C(c2cccc(-c3ccccc3)c2)CCN1C(=O)O. The molecule has 0 spiro atoms. The second-order valence-corrected chi connectivity index (χ2v) is 19.1. The van der Waals surface area contributed by atoms with E-state index in [1.165, 1.54) is 4.90 Å². The molecule has 1 heterocycles. The van der Waals surface area contributed by atoms with Crippen LogP contribution in [0.25, 0.3) is 16.7 Å². The maximum absolute atomic E-state index is 14.9. The molecule has 238 valence electrons. The van der Waals surface area contributed by atoms with Crippen molar-refractivity contribution in [1.82, 2.24) is 9.80 Å². The fourth-order valence-corrected chi connectivity index (χ4v) is 7.02. The Labute approximate surface area is 277 Å². The first-order chi connectivity index (χ1) is 21.3. The van der Waals surface area contributed by atoms with Crippen molar-refractivity contribution in [1.29, 1.82) is 0 Å². The van der Waals surface area contributed by atoms with Gasteiger partial charge in [-0.1, -0.05) is 105 Å². The minimum Gasteiger partial charge on any atom is -0.465 e. The average Bonchev–Trinajstić information content (AvgIpc) is 3.85. The molecular formula is C36H42Cl2N2O4Si. The topological polar surface area (TPSA) is 70.1 Å². The van der Waals surface area contributed by atoms with Gasteiger partial charge in [-0.05, 0) is 77.4 Å². The van der Waals surface area contributed by atoms with Crippen molar-refractivity contribution in [3.05, 3.63) is 99.5 Å². The first-order valence-corrected chi connectivity index (χ1v) is 19.2. The number of carbonyl (C=O) groups excluding carboxylic acids is 1. The third-order valence-electron chi connectivity index (χ3n) is 9.46. The fraction of sp³-hybridized carbons (Fsp3) is 0.389. The highest BCUT2D eigenvalue weighted by Gasteiger charge is 2.44. The number of rotatable bonds is 9. The highest BCUT2D eigenvalue weighted by molar-refractivity contribution is 6.74. The summed E-state index contributed by atoms with van der Waals surface area (Å²) in [6, 6.07) is 23.0. The summed E-state index contributed by atoms with van der Waals surface area (Å²) < 4.78 is 6.67. The Kier molecular flexibility index (Phi) is 9.85. The largest absolute Gasteiger partial charge is 0.465 e. The summed E-state index contributed by atoms with van der Waals surface area (Å²) in [7, 11) is -2.28. The van der Waals surface area contributed by atoms with Crippen LogP contribution in [0.4, 0.5) is 4.79 Å². The van der Waals surface area contributed by atoms with Gasteiger partial charge in [0.25, 0.3) is 5.91 Å². The van der Waals surface area contributed by atoms with E-state index in [1.54, 1.807) is 6.07 Å². The Morgan fingerprint density at radius 3 is 2.24 bits per heavy atom. The molecule has 1 saturated carbocycles. The van der Waals surface area contributed by atoms with Crippen LogP contribution < -0.4 is 0 Å². The molecule has 1 N–H and O–H groups in total. The van der Waals surface area contributed by atoms with Crippen molar-refractivity contribution in [2.75, 3.05) is 13.2 Å². The number of nitrogens with zero attached hydrogens (tertiary/aromatic N) is 2. The van der Waals surface area contributed by atoms with E-state index in [4.69, 9.17) is 27.6 Å². The predicted octanol–water partition coefficient (Wildman–Crippen LogP) is 9.38. The van der Waals surface area contributed by atoms with E-state index in [-0.39, 0.29) is 36.7 Å². The van der Waals surface area contributed by atoms with Gasteiger partial charge in [-0.2, -0.15) is 0 Å². The lowest BCUT2D eigenvalue weighted by molar-refractivity contribution is -0.129. The third-order valence-corrected chi connectivity index (χ3v) is 14.8. The summed E-state index contributed by atoms with van der Waals surface area (Å²) >= 11 is 13.0. The Hall–Kier alpha value is -3.10. The number of hydrogen-bond donors (Lipinski definition) is 1. The van der Waals surface area contributed by atoms with Crippen LogP contribution >= 0.6 is 23.2 Å². The summed E-state index contributed by atoms with van der Waals surface area (Å²) in [5, 5.41) is 11.2. The van der Waals surface area contributed by atoms with Crippen molar-refractivity contribution in [3.63, 3.8) is 0 Å². The lowest BCUT2D eigenvalue weighted by atomic mass is 9.86. The minimum absolute atomic E-state index is 0.0408. The van der Waals surface area contributed by atoms with Gasteiger partial charge in [-0.3, -0.25) is 9.69 Å². The van der Waals surface area contributed by atoms with Crippen LogP contribution in [0.5, 0.6) is 0 Å². The zero-order valence-electron chi connectivity index (χ0n) is 26.6. The van der Waals surface area contributed by atoms with E-state index >= 15 is 0 Å². The highest BCUT2D eigenvalue weighted by Crippen LogP contribution is 2.41. The lowest BCUT2D eigenvalue weighted by Crippen LogP contribution is -2.53. The highest BCUT2D eigenvalue weighted by atomic mass is 35.5. The van der Waals surface area contributed by atoms with Gasteiger partial charge in [0.05, 0.1) is 22.7 Å². The third kappa shape index (κ3) is 7.33. The molecule has 1 unspecified atom stereocenters. The molecule has 2 amide bonds. The van der Waals surface area contributed by atoms with Crippen LogP contribution in [0.1, 0.15) is 51.2 Å². The molecule has 45 heavy (non-hydrogen) atoms. The molecule has 3 aromatic carbocycles. The minimum atomic E-state index is -2.28. The number of carbonyl (C=O) groups is 2. The summed E-state index contributed by atoms with van der Waals surface area (Å²) in [6.07, 6.45) is 1.11. The van der Waals surface area contributed by atoms with Crippen LogP contribution in [-0.4, -0.2) is 60.5 Å². The molecule has 3 aromatic rings. The quantitative estimate of drug-likeness (QED) is 0.231. The van der Waals surface area contributed by atoms with E-state index in [1.807, 2.05) is 47.4 Å². The summed E-state index contributed by atoms with van der Waals surface area (Å²) in [5.74, 6) is -0.177. The van der Waals surface area contributed by atoms with Crippen molar-refractivity contribution in [3.8, 4) is 11.1 Å². The van der Waals surface area contributed by atoms with Crippen LogP contribution in [-0.2, 0) is 15.8 Å². The van der Waals surface area contributed by atoms with Crippen molar-refractivity contribution in [2.24, 2.45) is 0 Å². The van der Waals surface area contributed by atoms with E-state index < -0.39 is 20.5 Å². The molecule has 1 aliphatic heterocycles. The van der Waals surface area contributed by atoms with E-state index in [0.717, 1.165) is 40.7 Å². The van der Waals surface area contributed by atoms with Gasteiger partial charge in [-0.25, -0.2) is 4.79 Å². The monoisotopic (exact) mass is 664 g/mol. The van der Waals surface area contributed by atoms with Gasteiger partial charge in [0, 0.05) is 24.7 Å². The molecule has 0 bridgehead atoms. The maximum atomic E-state index is 14.9. The van der Waals surface area contributed by atoms with Crippen molar-refractivity contribution in [2.45, 2.75) is 76.8 Å². The number of benzene rings is 3. The summed E-state index contributed by atoms with van der Waals surface area (Å²) in [6.45, 7) is 11.4. The molecule has 5 rings (SSSR count). The standard InChI is InChI=1S/C36H42Cl2N2O4Si/c1-36(2,3)45(4,5)44-23-31-32(34(41)40(28-17-18-28)22-27-15-10-16-30(37)33(27)38)29(19-20-39(31)35(42)43)26-14-9-13-25(21-26)24-11-7-6-8-12-24/h6-16,21,28,31H,17-20,22-23H2,1-5H3,(H,42,43). The predicted molar refractivity (Wildman–Crippen MR) is 185 cm³/mol. The number of amides is 2. The van der Waals surface area contributed by atoms with Gasteiger partial charge >= 0.3 is 6.09 Å². The Morgan fingerprint density at radius 1 is 0.956 bits per heavy atom. The van der Waals surface area contributed by atoms with E-state index in [9.17, 15) is 14.7 Å². The molecule has 1 fully saturated rings. The number of hydrogen-bond acceptors (Lipinski definition) is 3. The maximum Gasteiger partial charge on any atom is 0.407 e. The molecule has 1 aliphatic carbocycles. The Balaban J connectivity index is 1.65. The smallest absolute Gasteiger partial charge is 0.407 e. The lowest BCUT2D eigenvalue weighted by Gasteiger charge is -2.42. The summed E-state index contributed by atoms with van der Waals surface area (Å²) in [5.41, 5.74) is 5.13. The van der Waals surface area contributed by atoms with Crippen LogP contribution in [0.2, 0.25) is 28.2 Å². The Bertz CT molecular complexity index is 1600. The van der Waals surface area contributed by atoms with E-state index in [2.05, 4.69) is 58.1 Å². The Morgan fingerprint density at radius 2 is 1.60 bits per heavy atom. The van der Waals surface area contributed by atoms with Crippen LogP contribution in [0, 0.1) is 0 Å². The summed E-state index contributed by atoms with van der Waals surface area (Å²) in [4.78, 5) is 30.9. The van der Waals surface area contributed by atoms with Crippen molar-refractivity contribution >= 4 is 49.1 Å². The zero-order chi connectivity index (χ0) is 32.5. The average molecular weight is 666 g/mol. The molecule has 0 saturated heterocycles. The molecule has 2 aliphatic rings. The van der Waals surface area contributed by atoms with Crippen molar-refractivity contribution < 1.29 is 19.1 Å². The zero-order valence-corrected chi connectivity index (χ0v) is 29.2. The molecule has 6 nitrogen and oxygen atoms in total. The van der Waals surface area contributed by atoms with Gasteiger partial charge in [0.1, 0.15) is 0 Å². The number of carboxylic acid groups (broad SMARTS) is 1.